The second kappa shape index (κ2) is 4.02. The zero-order valence-electron chi connectivity index (χ0n) is 10.6. The second-order valence-corrected chi connectivity index (χ2v) is 5.11. The van der Waals surface area contributed by atoms with Crippen LogP contribution >= 0.6 is 0 Å². The molecule has 3 aromatic carbocycles. The molecule has 0 aliphatic heterocycles. The molecule has 3 aromatic rings. The maximum absolute atomic E-state index is 9.58. The minimum Gasteiger partial charge on any atom is -0.508 e. The molecule has 90 valence electrons. The SMILES string of the molecule is CC(C)c1cccc2cc3ccc(O)cc3cc12. The van der Waals surface area contributed by atoms with Crippen LogP contribution in [0.2, 0.25) is 0 Å². The molecule has 0 saturated carbocycles. The Kier molecular flexibility index (Phi) is 2.48. The molecule has 0 radical (unpaired) electrons. The Morgan fingerprint density at radius 2 is 1.67 bits per heavy atom. The van der Waals surface area contributed by atoms with Crippen LogP contribution in [0.3, 0.4) is 0 Å². The Hall–Kier alpha value is -2.02. The Labute approximate surface area is 107 Å². The number of rotatable bonds is 1. The van der Waals surface area contributed by atoms with E-state index < -0.39 is 0 Å². The number of fused-ring (bicyclic) bond motifs is 2. The van der Waals surface area contributed by atoms with E-state index in [4.69, 9.17) is 0 Å². The van der Waals surface area contributed by atoms with Gasteiger partial charge < -0.3 is 5.11 Å². The van der Waals surface area contributed by atoms with Gasteiger partial charge in [-0.2, -0.15) is 0 Å². The van der Waals surface area contributed by atoms with Crippen LogP contribution in [0.1, 0.15) is 25.3 Å². The van der Waals surface area contributed by atoms with Crippen molar-refractivity contribution in [1.82, 2.24) is 0 Å². The van der Waals surface area contributed by atoms with Crippen LogP contribution in [-0.4, -0.2) is 5.11 Å². The lowest BCUT2D eigenvalue weighted by Crippen LogP contribution is -1.89. The van der Waals surface area contributed by atoms with E-state index in [9.17, 15) is 5.11 Å². The molecular formula is C17H16O. The van der Waals surface area contributed by atoms with Gasteiger partial charge in [-0.25, -0.2) is 0 Å². The van der Waals surface area contributed by atoms with Crippen molar-refractivity contribution in [2.45, 2.75) is 19.8 Å². The van der Waals surface area contributed by atoms with Gasteiger partial charge in [-0.3, -0.25) is 0 Å². The summed E-state index contributed by atoms with van der Waals surface area (Å²) in [6, 6.07) is 16.3. The topological polar surface area (TPSA) is 20.2 Å². The summed E-state index contributed by atoms with van der Waals surface area (Å²) in [4.78, 5) is 0. The number of hydrogen-bond donors (Lipinski definition) is 1. The van der Waals surface area contributed by atoms with Crippen molar-refractivity contribution in [2.24, 2.45) is 0 Å². The third kappa shape index (κ3) is 1.72. The summed E-state index contributed by atoms with van der Waals surface area (Å²) in [5, 5.41) is 14.4. The molecule has 0 saturated heterocycles. The summed E-state index contributed by atoms with van der Waals surface area (Å²) >= 11 is 0. The van der Waals surface area contributed by atoms with Crippen molar-refractivity contribution < 1.29 is 5.11 Å². The molecule has 0 atom stereocenters. The average Bonchev–Trinajstić information content (AvgIpc) is 2.35. The summed E-state index contributed by atoms with van der Waals surface area (Å²) in [5.74, 6) is 0.826. The number of phenols is 1. The minimum absolute atomic E-state index is 0.323. The van der Waals surface area contributed by atoms with Gasteiger partial charge in [0, 0.05) is 0 Å². The molecular weight excluding hydrogens is 220 g/mol. The maximum Gasteiger partial charge on any atom is 0.116 e. The second-order valence-electron chi connectivity index (χ2n) is 5.11. The van der Waals surface area contributed by atoms with E-state index in [0.717, 1.165) is 5.39 Å². The van der Waals surface area contributed by atoms with Gasteiger partial charge in [0.1, 0.15) is 5.75 Å². The van der Waals surface area contributed by atoms with Crippen LogP contribution in [0, 0.1) is 0 Å². The zero-order valence-corrected chi connectivity index (χ0v) is 10.6. The smallest absolute Gasteiger partial charge is 0.116 e. The van der Waals surface area contributed by atoms with Gasteiger partial charge >= 0.3 is 0 Å². The van der Waals surface area contributed by atoms with E-state index in [1.54, 1.807) is 6.07 Å². The number of aromatic hydroxyl groups is 1. The molecule has 0 heterocycles. The largest absolute Gasteiger partial charge is 0.508 e. The lowest BCUT2D eigenvalue weighted by atomic mass is 9.94. The summed E-state index contributed by atoms with van der Waals surface area (Å²) < 4.78 is 0. The normalized spacial score (nSPS) is 11.5. The first-order valence-electron chi connectivity index (χ1n) is 6.30. The fraction of sp³-hybridized carbons (Fsp3) is 0.176. The molecule has 0 amide bonds. The molecule has 18 heavy (non-hydrogen) atoms. The average molecular weight is 236 g/mol. The molecule has 1 N–H and O–H groups in total. The lowest BCUT2D eigenvalue weighted by molar-refractivity contribution is 0.476. The highest BCUT2D eigenvalue weighted by molar-refractivity contribution is 6.00. The van der Waals surface area contributed by atoms with Gasteiger partial charge in [0.2, 0.25) is 0 Å². The molecule has 0 aliphatic rings. The first kappa shape index (κ1) is 11.1. The Balaban J connectivity index is 2.42. The standard InChI is InChI=1S/C17H16O/c1-11(2)16-5-3-4-13-8-12-6-7-15(18)9-14(12)10-17(13)16/h3-11,18H,1-2H3. The van der Waals surface area contributed by atoms with Gasteiger partial charge in [-0.05, 0) is 57.3 Å². The molecule has 0 unspecified atom stereocenters. The molecule has 0 spiro atoms. The molecule has 0 fully saturated rings. The van der Waals surface area contributed by atoms with E-state index in [1.807, 2.05) is 12.1 Å². The summed E-state index contributed by atoms with van der Waals surface area (Å²) in [5.41, 5.74) is 1.36. The summed E-state index contributed by atoms with van der Waals surface area (Å²) in [6.07, 6.45) is 0. The lowest BCUT2D eigenvalue weighted by Gasteiger charge is -2.11. The highest BCUT2D eigenvalue weighted by atomic mass is 16.3. The third-order valence-corrected chi connectivity index (χ3v) is 3.48. The van der Waals surface area contributed by atoms with Crippen molar-refractivity contribution in [3.05, 3.63) is 54.1 Å². The Bertz CT molecular complexity index is 726. The van der Waals surface area contributed by atoms with Crippen molar-refractivity contribution in [3.63, 3.8) is 0 Å². The van der Waals surface area contributed by atoms with E-state index in [0.29, 0.717) is 11.7 Å². The molecule has 0 bridgehead atoms. The molecule has 1 nitrogen and oxygen atoms in total. The Morgan fingerprint density at radius 1 is 0.833 bits per heavy atom. The number of phenolic OH excluding ortho intramolecular Hbond substituents is 1. The predicted octanol–water partition coefficient (Wildman–Crippen LogP) is 4.82. The fourth-order valence-electron chi connectivity index (χ4n) is 2.54. The highest BCUT2D eigenvalue weighted by Crippen LogP contribution is 2.30. The number of hydrogen-bond acceptors (Lipinski definition) is 1. The van der Waals surface area contributed by atoms with E-state index in [1.165, 1.54) is 21.7 Å². The molecule has 0 aromatic heterocycles. The molecule has 3 rings (SSSR count). The van der Waals surface area contributed by atoms with Crippen molar-refractivity contribution in [3.8, 4) is 5.75 Å². The fourth-order valence-corrected chi connectivity index (χ4v) is 2.54. The molecule has 0 aliphatic carbocycles. The monoisotopic (exact) mass is 236 g/mol. The van der Waals surface area contributed by atoms with E-state index >= 15 is 0 Å². The maximum atomic E-state index is 9.58. The quantitative estimate of drug-likeness (QED) is 0.600. The van der Waals surface area contributed by atoms with Crippen LogP contribution < -0.4 is 0 Å². The van der Waals surface area contributed by atoms with Gasteiger partial charge in [-0.1, -0.05) is 38.1 Å². The minimum atomic E-state index is 0.323. The van der Waals surface area contributed by atoms with Crippen molar-refractivity contribution >= 4 is 21.5 Å². The van der Waals surface area contributed by atoms with Gasteiger partial charge in [-0.15, -0.1) is 0 Å². The Morgan fingerprint density at radius 3 is 2.44 bits per heavy atom. The molecule has 1 heteroatoms. The summed E-state index contributed by atoms with van der Waals surface area (Å²) in [6.45, 7) is 4.42. The first-order chi connectivity index (χ1) is 8.65. The van der Waals surface area contributed by atoms with Crippen LogP contribution in [0.5, 0.6) is 5.75 Å². The highest BCUT2D eigenvalue weighted by Gasteiger charge is 2.06. The van der Waals surface area contributed by atoms with E-state index in [2.05, 4.69) is 44.2 Å². The van der Waals surface area contributed by atoms with Crippen molar-refractivity contribution in [1.29, 1.82) is 0 Å². The first-order valence-corrected chi connectivity index (χ1v) is 6.30. The van der Waals surface area contributed by atoms with Crippen molar-refractivity contribution in [2.75, 3.05) is 0 Å². The predicted molar refractivity (Wildman–Crippen MR) is 77.2 cm³/mol. The third-order valence-electron chi connectivity index (χ3n) is 3.48. The van der Waals surface area contributed by atoms with E-state index in [-0.39, 0.29) is 0 Å². The van der Waals surface area contributed by atoms with Crippen LogP contribution in [0.4, 0.5) is 0 Å². The van der Waals surface area contributed by atoms with Crippen LogP contribution in [-0.2, 0) is 0 Å². The van der Waals surface area contributed by atoms with Gasteiger partial charge in [0.05, 0.1) is 0 Å². The van der Waals surface area contributed by atoms with Crippen LogP contribution in [0.25, 0.3) is 21.5 Å². The van der Waals surface area contributed by atoms with Gasteiger partial charge in [0.15, 0.2) is 0 Å². The van der Waals surface area contributed by atoms with Gasteiger partial charge in [0.25, 0.3) is 0 Å². The zero-order chi connectivity index (χ0) is 12.7. The number of benzene rings is 3. The summed E-state index contributed by atoms with van der Waals surface area (Å²) in [7, 11) is 0. The van der Waals surface area contributed by atoms with Crippen LogP contribution in [0.15, 0.2) is 48.5 Å².